The quantitative estimate of drug-likeness (QED) is 0.396. The summed E-state index contributed by atoms with van der Waals surface area (Å²) in [6.45, 7) is 0.595. The maximum atomic E-state index is 8.28. The molecule has 0 bridgehead atoms. The van der Waals surface area contributed by atoms with Crippen LogP contribution in [0.5, 0.6) is 0 Å². The number of hydrogen-bond acceptors (Lipinski definition) is 3. The van der Waals surface area contributed by atoms with E-state index in [1.165, 1.54) is 0 Å². The molecule has 0 amide bonds. The van der Waals surface area contributed by atoms with Crippen LogP contribution in [0.3, 0.4) is 0 Å². The fourth-order valence-corrected chi connectivity index (χ4v) is 0.410. The second kappa shape index (κ2) is 5.03. The fraction of sp³-hybridized carbons (Fsp3) is 1.00. The Morgan fingerprint density at radius 1 is 1.50 bits per heavy atom. The van der Waals surface area contributed by atoms with E-state index in [0.717, 1.165) is 0 Å². The Morgan fingerprint density at radius 2 is 2.12 bits per heavy atom. The molecule has 0 atom stereocenters. The van der Waals surface area contributed by atoms with Crippen LogP contribution in [0.2, 0.25) is 0 Å². The van der Waals surface area contributed by atoms with Gasteiger partial charge in [-0.25, -0.2) is 0 Å². The highest BCUT2D eigenvalue weighted by molar-refractivity contribution is 4.37. The van der Waals surface area contributed by atoms with E-state index in [2.05, 4.69) is 4.74 Å². The third-order valence-electron chi connectivity index (χ3n) is 0.811. The molecule has 0 radical (unpaired) electrons. The molecule has 0 aromatic rings. The van der Waals surface area contributed by atoms with Crippen LogP contribution >= 0.6 is 0 Å². The van der Waals surface area contributed by atoms with Gasteiger partial charge in [0, 0.05) is 20.1 Å². The molecule has 0 fully saturated rings. The molecule has 0 aliphatic heterocycles. The minimum atomic E-state index is -1.18. The van der Waals surface area contributed by atoms with E-state index in [1.807, 2.05) is 0 Å². The topological polar surface area (TPSA) is 49.7 Å². The van der Waals surface area contributed by atoms with Gasteiger partial charge in [0.2, 0.25) is 0 Å². The number of aliphatic hydroxyl groups excluding tert-OH is 1. The number of methoxy groups -OCH3 is 1. The van der Waals surface area contributed by atoms with Crippen LogP contribution in [0, 0.1) is 0 Å². The van der Waals surface area contributed by atoms with Gasteiger partial charge in [0.05, 0.1) is 0 Å². The van der Waals surface area contributed by atoms with Crippen molar-refractivity contribution in [2.45, 2.75) is 19.1 Å². The summed E-state index contributed by atoms with van der Waals surface area (Å²) < 4.78 is 4.67. The average molecular weight is 120 g/mol. The highest BCUT2D eigenvalue weighted by Crippen LogP contribution is 1.91. The van der Waals surface area contributed by atoms with Gasteiger partial charge in [-0.3, -0.25) is 0 Å². The lowest BCUT2D eigenvalue weighted by Crippen LogP contribution is -2.04. The molecule has 8 heavy (non-hydrogen) atoms. The van der Waals surface area contributed by atoms with Crippen molar-refractivity contribution in [2.75, 3.05) is 13.7 Å². The van der Waals surface area contributed by atoms with Crippen LogP contribution in [-0.4, -0.2) is 30.2 Å². The zero-order chi connectivity index (χ0) is 6.41. The summed E-state index contributed by atoms with van der Waals surface area (Å²) in [4.78, 5) is 0. The molecule has 0 spiro atoms. The van der Waals surface area contributed by atoms with E-state index in [4.69, 9.17) is 10.2 Å². The first-order valence-electron chi connectivity index (χ1n) is 2.62. The molecule has 0 heterocycles. The monoisotopic (exact) mass is 120 g/mol. The summed E-state index contributed by atoms with van der Waals surface area (Å²) in [6, 6.07) is 0. The summed E-state index contributed by atoms with van der Waals surface area (Å²) in [6.07, 6.45) is -0.0766. The predicted molar refractivity (Wildman–Crippen MR) is 29.3 cm³/mol. The highest BCUT2D eigenvalue weighted by Gasteiger charge is 1.93. The Kier molecular flexibility index (Phi) is 4.95. The van der Waals surface area contributed by atoms with E-state index >= 15 is 0 Å². The number of aliphatic hydroxyl groups is 2. The van der Waals surface area contributed by atoms with Crippen molar-refractivity contribution in [2.24, 2.45) is 0 Å². The first kappa shape index (κ1) is 7.88. The Labute approximate surface area is 48.9 Å². The molecule has 3 nitrogen and oxygen atoms in total. The molecule has 0 aromatic heterocycles. The van der Waals surface area contributed by atoms with E-state index in [9.17, 15) is 0 Å². The summed E-state index contributed by atoms with van der Waals surface area (Å²) in [5.74, 6) is 0. The van der Waals surface area contributed by atoms with Crippen LogP contribution in [0.1, 0.15) is 12.8 Å². The minimum Gasteiger partial charge on any atom is -0.385 e. The van der Waals surface area contributed by atoms with Gasteiger partial charge < -0.3 is 14.9 Å². The van der Waals surface area contributed by atoms with Crippen molar-refractivity contribution in [3.05, 3.63) is 0 Å². The van der Waals surface area contributed by atoms with Crippen LogP contribution in [-0.2, 0) is 4.74 Å². The van der Waals surface area contributed by atoms with Crippen LogP contribution in [0.25, 0.3) is 0 Å². The second-order valence-corrected chi connectivity index (χ2v) is 1.62. The van der Waals surface area contributed by atoms with E-state index < -0.39 is 6.29 Å². The third-order valence-corrected chi connectivity index (χ3v) is 0.811. The Morgan fingerprint density at radius 3 is 2.50 bits per heavy atom. The molecule has 50 valence electrons. The van der Waals surface area contributed by atoms with Crippen molar-refractivity contribution < 1.29 is 14.9 Å². The summed E-state index contributed by atoms with van der Waals surface area (Å²) in [5, 5.41) is 16.6. The maximum Gasteiger partial charge on any atom is 0.151 e. The molecule has 0 aromatic carbocycles. The first-order chi connectivity index (χ1) is 3.77. The molecule has 2 N–H and O–H groups in total. The van der Waals surface area contributed by atoms with Crippen LogP contribution in [0.15, 0.2) is 0 Å². The van der Waals surface area contributed by atoms with Crippen molar-refractivity contribution in [3.63, 3.8) is 0 Å². The van der Waals surface area contributed by atoms with Gasteiger partial charge in [-0.1, -0.05) is 0 Å². The largest absolute Gasteiger partial charge is 0.385 e. The first-order valence-corrected chi connectivity index (χ1v) is 2.62. The molecule has 0 aliphatic carbocycles. The Balaban J connectivity index is 2.72. The van der Waals surface area contributed by atoms with Gasteiger partial charge in [0.15, 0.2) is 6.29 Å². The van der Waals surface area contributed by atoms with Crippen LogP contribution < -0.4 is 0 Å². The number of rotatable bonds is 4. The highest BCUT2D eigenvalue weighted by atomic mass is 16.5. The lowest BCUT2D eigenvalue weighted by Gasteiger charge is -2.00. The molecule has 0 saturated carbocycles. The average Bonchev–Trinajstić information content (AvgIpc) is 1.66. The normalized spacial score (nSPS) is 10.5. The fourth-order valence-electron chi connectivity index (χ4n) is 0.410. The zero-order valence-corrected chi connectivity index (χ0v) is 5.00. The van der Waals surface area contributed by atoms with Crippen LogP contribution in [0.4, 0.5) is 0 Å². The number of ether oxygens (including phenoxy) is 1. The SMILES string of the molecule is COCCCC(O)O. The van der Waals surface area contributed by atoms with Gasteiger partial charge in [0.1, 0.15) is 0 Å². The molecular formula is C5H12O3. The van der Waals surface area contributed by atoms with Gasteiger partial charge >= 0.3 is 0 Å². The lowest BCUT2D eigenvalue weighted by molar-refractivity contribution is -0.0493. The maximum absolute atomic E-state index is 8.28. The third kappa shape index (κ3) is 5.88. The predicted octanol–water partition coefficient (Wildman–Crippen LogP) is -0.276. The Bertz CT molecular complexity index is 44.9. The van der Waals surface area contributed by atoms with Crippen molar-refractivity contribution in [1.82, 2.24) is 0 Å². The minimum absolute atomic E-state index is 0.397. The molecule has 0 unspecified atom stereocenters. The standard InChI is InChI=1S/C5H12O3/c1-8-4-2-3-5(6)7/h5-7H,2-4H2,1H3. The van der Waals surface area contributed by atoms with E-state index in [1.54, 1.807) is 7.11 Å². The van der Waals surface area contributed by atoms with Crippen molar-refractivity contribution in [3.8, 4) is 0 Å². The lowest BCUT2D eigenvalue weighted by atomic mass is 10.3. The van der Waals surface area contributed by atoms with E-state index in [0.29, 0.717) is 19.4 Å². The summed E-state index contributed by atoms with van der Waals surface area (Å²) in [5.41, 5.74) is 0. The Hall–Kier alpha value is -0.120. The number of hydrogen-bond donors (Lipinski definition) is 2. The van der Waals surface area contributed by atoms with Crippen molar-refractivity contribution >= 4 is 0 Å². The zero-order valence-electron chi connectivity index (χ0n) is 5.00. The van der Waals surface area contributed by atoms with E-state index in [-0.39, 0.29) is 0 Å². The van der Waals surface area contributed by atoms with Gasteiger partial charge in [-0.05, 0) is 6.42 Å². The second-order valence-electron chi connectivity index (χ2n) is 1.62. The van der Waals surface area contributed by atoms with Gasteiger partial charge in [0.25, 0.3) is 0 Å². The molecule has 3 heteroatoms. The van der Waals surface area contributed by atoms with Crippen molar-refractivity contribution in [1.29, 1.82) is 0 Å². The van der Waals surface area contributed by atoms with Gasteiger partial charge in [-0.2, -0.15) is 0 Å². The molecule has 0 rings (SSSR count). The molecule has 0 saturated heterocycles. The summed E-state index contributed by atoms with van der Waals surface area (Å²) >= 11 is 0. The smallest absolute Gasteiger partial charge is 0.151 e. The van der Waals surface area contributed by atoms with Gasteiger partial charge in [-0.15, -0.1) is 0 Å². The molecular weight excluding hydrogens is 108 g/mol. The summed E-state index contributed by atoms with van der Waals surface area (Å²) in [7, 11) is 1.59. The molecule has 0 aliphatic rings.